The van der Waals surface area contributed by atoms with Gasteiger partial charge in [0.15, 0.2) is 0 Å². The maximum Gasteiger partial charge on any atom is 0.0110 e. The van der Waals surface area contributed by atoms with Crippen LogP contribution in [0.15, 0.2) is 0 Å². The van der Waals surface area contributed by atoms with Crippen molar-refractivity contribution < 1.29 is 0 Å². The van der Waals surface area contributed by atoms with Crippen molar-refractivity contribution in [3.63, 3.8) is 0 Å². The molecule has 0 aromatic carbocycles. The summed E-state index contributed by atoms with van der Waals surface area (Å²) >= 11 is 0. The van der Waals surface area contributed by atoms with Crippen LogP contribution in [0.4, 0.5) is 0 Å². The van der Waals surface area contributed by atoms with Gasteiger partial charge in [0.1, 0.15) is 0 Å². The second kappa shape index (κ2) is 8.93. The number of rotatable bonds is 8. The standard InChI is InChI=1S/C16H35N3/c1-14(2)12-18-8-10-19(11-9-18)13-15(3)6-5-7-16(4)17/h14-16H,5-13,17H2,1-4H3. The molecule has 0 spiro atoms. The van der Waals surface area contributed by atoms with E-state index in [1.54, 1.807) is 0 Å². The van der Waals surface area contributed by atoms with E-state index in [0.29, 0.717) is 6.04 Å². The molecule has 0 amide bonds. The molecule has 2 N–H and O–H groups in total. The van der Waals surface area contributed by atoms with E-state index < -0.39 is 0 Å². The van der Waals surface area contributed by atoms with Crippen molar-refractivity contribution in [1.82, 2.24) is 9.80 Å². The second-order valence-electron chi connectivity index (χ2n) is 7.01. The van der Waals surface area contributed by atoms with Gasteiger partial charge in [0, 0.05) is 45.3 Å². The lowest BCUT2D eigenvalue weighted by atomic mass is 10.0. The van der Waals surface area contributed by atoms with Gasteiger partial charge >= 0.3 is 0 Å². The Morgan fingerprint density at radius 1 is 0.842 bits per heavy atom. The van der Waals surface area contributed by atoms with Gasteiger partial charge in [-0.2, -0.15) is 0 Å². The highest BCUT2D eigenvalue weighted by Gasteiger charge is 2.18. The molecule has 0 radical (unpaired) electrons. The molecule has 0 aromatic rings. The molecule has 0 aromatic heterocycles. The predicted molar refractivity (Wildman–Crippen MR) is 84.4 cm³/mol. The summed E-state index contributed by atoms with van der Waals surface area (Å²) in [6.07, 6.45) is 3.78. The van der Waals surface area contributed by atoms with Crippen LogP contribution in [-0.4, -0.2) is 55.1 Å². The first-order valence-electron chi connectivity index (χ1n) is 8.17. The topological polar surface area (TPSA) is 32.5 Å². The number of hydrogen-bond acceptors (Lipinski definition) is 3. The number of piperazine rings is 1. The minimum absolute atomic E-state index is 0.367. The Kier molecular flexibility index (Phi) is 7.96. The van der Waals surface area contributed by atoms with Crippen molar-refractivity contribution in [3.05, 3.63) is 0 Å². The van der Waals surface area contributed by atoms with Crippen LogP contribution in [0.3, 0.4) is 0 Å². The van der Waals surface area contributed by atoms with Gasteiger partial charge in [0.25, 0.3) is 0 Å². The van der Waals surface area contributed by atoms with E-state index in [-0.39, 0.29) is 0 Å². The number of hydrogen-bond donors (Lipinski definition) is 1. The van der Waals surface area contributed by atoms with Crippen molar-refractivity contribution in [1.29, 1.82) is 0 Å². The first kappa shape index (κ1) is 16.9. The fourth-order valence-corrected chi connectivity index (χ4v) is 2.99. The van der Waals surface area contributed by atoms with E-state index in [2.05, 4.69) is 37.5 Å². The van der Waals surface area contributed by atoms with Crippen molar-refractivity contribution in [2.24, 2.45) is 17.6 Å². The van der Waals surface area contributed by atoms with Gasteiger partial charge in [0.2, 0.25) is 0 Å². The lowest BCUT2D eigenvalue weighted by Gasteiger charge is -2.36. The Balaban J connectivity index is 2.11. The fourth-order valence-electron chi connectivity index (χ4n) is 2.99. The highest BCUT2D eigenvalue weighted by Crippen LogP contribution is 2.13. The Morgan fingerprint density at radius 3 is 1.84 bits per heavy atom. The number of nitrogens with zero attached hydrogens (tertiary/aromatic N) is 2. The zero-order valence-corrected chi connectivity index (χ0v) is 13.6. The Bertz CT molecular complexity index is 220. The molecule has 3 nitrogen and oxygen atoms in total. The van der Waals surface area contributed by atoms with E-state index in [0.717, 1.165) is 11.8 Å². The summed E-state index contributed by atoms with van der Waals surface area (Å²) in [7, 11) is 0. The minimum Gasteiger partial charge on any atom is -0.328 e. The van der Waals surface area contributed by atoms with Gasteiger partial charge in [-0.15, -0.1) is 0 Å². The molecule has 0 bridgehead atoms. The van der Waals surface area contributed by atoms with E-state index in [1.807, 2.05) is 0 Å². The maximum atomic E-state index is 5.80. The molecule has 1 aliphatic heterocycles. The van der Waals surface area contributed by atoms with E-state index in [9.17, 15) is 0 Å². The third-order valence-corrected chi connectivity index (χ3v) is 4.01. The van der Waals surface area contributed by atoms with E-state index in [4.69, 9.17) is 5.73 Å². The van der Waals surface area contributed by atoms with Crippen LogP contribution in [0, 0.1) is 11.8 Å². The van der Waals surface area contributed by atoms with Gasteiger partial charge in [-0.1, -0.05) is 27.2 Å². The molecular weight excluding hydrogens is 234 g/mol. The molecule has 1 heterocycles. The van der Waals surface area contributed by atoms with Gasteiger partial charge < -0.3 is 15.5 Å². The quantitative estimate of drug-likeness (QED) is 0.734. The molecule has 1 saturated heterocycles. The van der Waals surface area contributed by atoms with Crippen LogP contribution in [0.2, 0.25) is 0 Å². The molecule has 2 atom stereocenters. The fraction of sp³-hybridized carbons (Fsp3) is 1.00. The summed E-state index contributed by atoms with van der Waals surface area (Å²) in [5.41, 5.74) is 5.80. The van der Waals surface area contributed by atoms with Crippen molar-refractivity contribution in [2.75, 3.05) is 39.3 Å². The minimum atomic E-state index is 0.367. The van der Waals surface area contributed by atoms with Crippen LogP contribution in [0.1, 0.15) is 47.0 Å². The van der Waals surface area contributed by atoms with Gasteiger partial charge in [-0.25, -0.2) is 0 Å². The first-order chi connectivity index (χ1) is 8.97. The third-order valence-electron chi connectivity index (χ3n) is 4.01. The monoisotopic (exact) mass is 269 g/mol. The Labute approximate surface area is 120 Å². The average Bonchev–Trinajstić information content (AvgIpc) is 2.30. The zero-order chi connectivity index (χ0) is 14.3. The average molecular weight is 269 g/mol. The normalized spacial score (nSPS) is 21.8. The van der Waals surface area contributed by atoms with Crippen molar-refractivity contribution in [2.45, 2.75) is 53.0 Å². The van der Waals surface area contributed by atoms with Crippen LogP contribution >= 0.6 is 0 Å². The summed E-state index contributed by atoms with van der Waals surface area (Å²) in [6.45, 7) is 16.7. The van der Waals surface area contributed by atoms with Crippen LogP contribution in [0.25, 0.3) is 0 Å². The van der Waals surface area contributed by atoms with Gasteiger partial charge in [0.05, 0.1) is 0 Å². The Morgan fingerprint density at radius 2 is 1.37 bits per heavy atom. The van der Waals surface area contributed by atoms with E-state index in [1.165, 1.54) is 58.5 Å². The molecular formula is C16H35N3. The molecule has 1 fully saturated rings. The highest BCUT2D eigenvalue weighted by atomic mass is 15.3. The molecule has 2 unspecified atom stereocenters. The van der Waals surface area contributed by atoms with Crippen LogP contribution in [-0.2, 0) is 0 Å². The summed E-state index contributed by atoms with van der Waals surface area (Å²) in [5, 5.41) is 0. The van der Waals surface area contributed by atoms with Crippen molar-refractivity contribution in [3.8, 4) is 0 Å². The summed E-state index contributed by atoms with van der Waals surface area (Å²) in [4.78, 5) is 5.26. The number of nitrogens with two attached hydrogens (primary N) is 1. The molecule has 3 heteroatoms. The third kappa shape index (κ3) is 7.91. The molecule has 19 heavy (non-hydrogen) atoms. The largest absolute Gasteiger partial charge is 0.328 e. The summed E-state index contributed by atoms with van der Waals surface area (Å²) in [5.74, 6) is 1.61. The highest BCUT2D eigenvalue weighted by molar-refractivity contribution is 4.74. The SMILES string of the molecule is CC(C)CN1CCN(CC(C)CCCC(C)N)CC1. The Hall–Kier alpha value is -0.120. The zero-order valence-electron chi connectivity index (χ0n) is 13.6. The second-order valence-corrected chi connectivity index (χ2v) is 7.01. The summed E-state index contributed by atoms with van der Waals surface area (Å²) in [6, 6.07) is 0.367. The lowest BCUT2D eigenvalue weighted by Crippen LogP contribution is -2.48. The smallest absolute Gasteiger partial charge is 0.0110 e. The maximum absolute atomic E-state index is 5.80. The van der Waals surface area contributed by atoms with Gasteiger partial charge in [-0.05, 0) is 31.6 Å². The summed E-state index contributed by atoms with van der Waals surface area (Å²) < 4.78 is 0. The van der Waals surface area contributed by atoms with Crippen LogP contribution < -0.4 is 5.73 Å². The molecule has 0 saturated carbocycles. The molecule has 114 valence electrons. The van der Waals surface area contributed by atoms with E-state index >= 15 is 0 Å². The molecule has 1 aliphatic rings. The molecule has 1 rings (SSSR count). The van der Waals surface area contributed by atoms with Gasteiger partial charge in [-0.3, -0.25) is 0 Å². The van der Waals surface area contributed by atoms with Crippen molar-refractivity contribution >= 4 is 0 Å². The molecule has 0 aliphatic carbocycles. The van der Waals surface area contributed by atoms with Crippen LogP contribution in [0.5, 0.6) is 0 Å². The first-order valence-corrected chi connectivity index (χ1v) is 8.17. The lowest BCUT2D eigenvalue weighted by molar-refractivity contribution is 0.109. The predicted octanol–water partition coefficient (Wildman–Crippen LogP) is 2.41.